The minimum absolute atomic E-state index is 0.00375. The molecule has 4 aromatic rings. The third-order valence-electron chi connectivity index (χ3n) is 8.27. The number of benzene rings is 3. The van der Waals surface area contributed by atoms with Crippen molar-refractivity contribution in [2.24, 2.45) is 0 Å². The van der Waals surface area contributed by atoms with Crippen LogP contribution in [-0.4, -0.2) is 60.8 Å². The lowest BCUT2D eigenvalue weighted by atomic mass is 9.97. The molecule has 1 saturated heterocycles. The number of anilines is 4. The van der Waals surface area contributed by atoms with E-state index in [1.54, 1.807) is 48.9 Å². The summed E-state index contributed by atoms with van der Waals surface area (Å²) in [5, 5.41) is 11.2. The monoisotopic (exact) mass is 661 g/mol. The maximum absolute atomic E-state index is 14.6. The van der Waals surface area contributed by atoms with Crippen LogP contribution in [0.1, 0.15) is 50.8 Å². The SMILES string of the molecule is CC.CCC(=O)N1CCN(c2ccc(N(C(=O)NC)c3c(C)cnc4ccc(-c5ccc(N)c(C(C)=N)c5)cc34)cc2C(F)(F)F)CC1. The zero-order chi connectivity index (χ0) is 35.3. The van der Waals surface area contributed by atoms with Gasteiger partial charge in [-0.15, -0.1) is 0 Å². The van der Waals surface area contributed by atoms with Gasteiger partial charge in [0.05, 0.1) is 22.5 Å². The van der Waals surface area contributed by atoms with E-state index in [-0.39, 0.29) is 30.4 Å². The average Bonchev–Trinajstić information content (AvgIpc) is 3.09. The van der Waals surface area contributed by atoms with E-state index >= 15 is 0 Å². The Morgan fingerprint density at radius 2 is 1.65 bits per heavy atom. The highest BCUT2D eigenvalue weighted by molar-refractivity contribution is 6.09. The number of halogens is 3. The van der Waals surface area contributed by atoms with Crippen LogP contribution in [0.3, 0.4) is 0 Å². The third-order valence-corrected chi connectivity index (χ3v) is 8.27. The van der Waals surface area contributed by atoms with Crippen molar-refractivity contribution >= 4 is 51.3 Å². The maximum atomic E-state index is 14.6. The van der Waals surface area contributed by atoms with E-state index in [4.69, 9.17) is 11.1 Å². The number of nitrogens with zero attached hydrogens (tertiary/aromatic N) is 4. The number of alkyl halides is 3. The van der Waals surface area contributed by atoms with Gasteiger partial charge in [0, 0.05) is 73.9 Å². The summed E-state index contributed by atoms with van der Waals surface area (Å²) >= 11 is 0. The Kier molecular flexibility index (Phi) is 11.0. The first-order valence-corrected chi connectivity index (χ1v) is 15.9. The average molecular weight is 662 g/mol. The van der Waals surface area contributed by atoms with E-state index in [1.807, 2.05) is 38.1 Å². The molecule has 254 valence electrons. The summed E-state index contributed by atoms with van der Waals surface area (Å²) in [6.45, 7) is 10.3. The second kappa shape index (κ2) is 14.7. The molecule has 0 spiro atoms. The van der Waals surface area contributed by atoms with Crippen molar-refractivity contribution in [3.8, 4) is 11.1 Å². The summed E-state index contributed by atoms with van der Waals surface area (Å²) in [7, 11) is 1.42. The van der Waals surface area contributed by atoms with E-state index < -0.39 is 17.8 Å². The van der Waals surface area contributed by atoms with E-state index in [9.17, 15) is 22.8 Å². The molecule has 1 aliphatic heterocycles. The Balaban J connectivity index is 0.00000255. The summed E-state index contributed by atoms with van der Waals surface area (Å²) < 4.78 is 43.9. The number of nitrogen functional groups attached to an aromatic ring is 1. The molecule has 48 heavy (non-hydrogen) atoms. The second-order valence-corrected chi connectivity index (χ2v) is 11.3. The van der Waals surface area contributed by atoms with Crippen molar-refractivity contribution in [1.29, 1.82) is 5.41 Å². The fourth-order valence-electron chi connectivity index (χ4n) is 5.86. The summed E-state index contributed by atoms with van der Waals surface area (Å²) in [6.07, 6.45) is -2.78. The number of hydrogen-bond donors (Lipinski definition) is 3. The van der Waals surface area contributed by atoms with Gasteiger partial charge < -0.3 is 26.3 Å². The first kappa shape index (κ1) is 35.7. The topological polar surface area (TPSA) is 119 Å². The van der Waals surface area contributed by atoms with Gasteiger partial charge in [0.15, 0.2) is 0 Å². The highest BCUT2D eigenvalue weighted by Gasteiger charge is 2.37. The number of carbonyl (C=O) groups is 2. The van der Waals surface area contributed by atoms with Crippen LogP contribution in [0, 0.1) is 12.3 Å². The van der Waals surface area contributed by atoms with Crippen molar-refractivity contribution in [3.63, 3.8) is 0 Å². The lowest BCUT2D eigenvalue weighted by molar-refractivity contribution is -0.137. The number of piperazine rings is 1. The van der Waals surface area contributed by atoms with Crippen LogP contribution >= 0.6 is 0 Å². The number of fused-ring (bicyclic) bond motifs is 1. The lowest BCUT2D eigenvalue weighted by Crippen LogP contribution is -2.49. The number of pyridine rings is 1. The molecule has 1 aliphatic rings. The Labute approximate surface area is 279 Å². The molecule has 0 atom stereocenters. The fourth-order valence-corrected chi connectivity index (χ4v) is 5.86. The Morgan fingerprint density at radius 3 is 2.25 bits per heavy atom. The Morgan fingerprint density at radius 1 is 1.00 bits per heavy atom. The predicted octanol–water partition coefficient (Wildman–Crippen LogP) is 7.76. The zero-order valence-electron chi connectivity index (χ0n) is 28.1. The van der Waals surface area contributed by atoms with Crippen LogP contribution in [0.4, 0.5) is 40.7 Å². The minimum Gasteiger partial charge on any atom is -0.398 e. The van der Waals surface area contributed by atoms with Gasteiger partial charge in [-0.2, -0.15) is 13.2 Å². The predicted molar refractivity (Wildman–Crippen MR) is 187 cm³/mol. The van der Waals surface area contributed by atoms with E-state index in [0.29, 0.717) is 58.6 Å². The largest absolute Gasteiger partial charge is 0.418 e. The number of amides is 3. The molecule has 12 heteroatoms. The molecule has 4 N–H and O–H groups in total. The van der Waals surface area contributed by atoms with Crippen LogP contribution in [-0.2, 0) is 11.0 Å². The molecule has 2 heterocycles. The number of nitrogens with two attached hydrogens (primary N) is 1. The molecule has 0 bridgehead atoms. The van der Waals surface area contributed by atoms with Gasteiger partial charge in [-0.3, -0.25) is 14.7 Å². The fraction of sp³-hybridized carbons (Fsp3) is 0.333. The lowest BCUT2D eigenvalue weighted by Gasteiger charge is -2.37. The van der Waals surface area contributed by atoms with Gasteiger partial charge in [-0.25, -0.2) is 4.79 Å². The zero-order valence-corrected chi connectivity index (χ0v) is 28.1. The van der Waals surface area contributed by atoms with Crippen LogP contribution in [0.5, 0.6) is 0 Å². The molecule has 1 aromatic heterocycles. The van der Waals surface area contributed by atoms with Gasteiger partial charge in [-0.1, -0.05) is 32.9 Å². The Hall–Kier alpha value is -5.13. The molecule has 0 saturated carbocycles. The van der Waals surface area contributed by atoms with Crippen molar-refractivity contribution in [1.82, 2.24) is 15.2 Å². The summed E-state index contributed by atoms with van der Waals surface area (Å²) in [5.41, 5.74) is 9.65. The minimum atomic E-state index is -4.71. The standard InChI is InChI=1S/C34H36F3N7O2.C2H6/c1-5-31(45)43-14-12-42(13-15-43)30-11-8-24(18-27(30)34(35,36)37)44(33(46)40-4)32-20(2)19-41-29-10-7-23(17-26(29)32)22-6-9-28(39)25(16-22)21(3)38;1-2/h6-11,16-19,38H,5,12-15,39H2,1-4H3,(H,40,46);1-2H3. The second-order valence-electron chi connectivity index (χ2n) is 11.3. The van der Waals surface area contributed by atoms with E-state index in [1.165, 1.54) is 24.1 Å². The smallest absolute Gasteiger partial charge is 0.398 e. The molecule has 9 nitrogen and oxygen atoms in total. The number of hydrogen-bond acceptors (Lipinski definition) is 6. The number of urea groups is 1. The van der Waals surface area contributed by atoms with Gasteiger partial charge >= 0.3 is 12.2 Å². The normalized spacial score (nSPS) is 13.1. The van der Waals surface area contributed by atoms with Crippen molar-refractivity contribution in [2.75, 3.05) is 48.8 Å². The van der Waals surface area contributed by atoms with Crippen LogP contribution < -0.4 is 20.9 Å². The van der Waals surface area contributed by atoms with Crippen LogP contribution in [0.2, 0.25) is 0 Å². The van der Waals surface area contributed by atoms with Crippen LogP contribution in [0.15, 0.2) is 60.8 Å². The van der Waals surface area contributed by atoms with Crippen LogP contribution in [0.25, 0.3) is 22.0 Å². The molecule has 0 unspecified atom stereocenters. The number of aryl methyl sites for hydroxylation is 1. The third kappa shape index (κ3) is 7.22. The van der Waals surface area contributed by atoms with Gasteiger partial charge in [-0.05, 0) is 73.0 Å². The number of aromatic nitrogens is 1. The molecule has 5 rings (SSSR count). The van der Waals surface area contributed by atoms with E-state index in [2.05, 4.69) is 10.3 Å². The highest BCUT2D eigenvalue weighted by Crippen LogP contribution is 2.43. The highest BCUT2D eigenvalue weighted by atomic mass is 19.4. The number of nitrogens with one attached hydrogen (secondary N) is 2. The van der Waals surface area contributed by atoms with Gasteiger partial charge in [0.25, 0.3) is 0 Å². The molecule has 1 fully saturated rings. The maximum Gasteiger partial charge on any atom is 0.418 e. The number of rotatable bonds is 6. The van der Waals surface area contributed by atoms with Crippen molar-refractivity contribution < 1.29 is 22.8 Å². The molecular weight excluding hydrogens is 619 g/mol. The number of carbonyl (C=O) groups excluding carboxylic acids is 2. The summed E-state index contributed by atoms with van der Waals surface area (Å²) in [5.74, 6) is -0.0305. The molecule has 3 amide bonds. The molecule has 0 radical (unpaired) electrons. The van der Waals surface area contributed by atoms with Crippen molar-refractivity contribution in [2.45, 2.75) is 47.2 Å². The first-order chi connectivity index (χ1) is 22.8. The summed E-state index contributed by atoms with van der Waals surface area (Å²) in [4.78, 5) is 34.7. The molecule has 0 aliphatic carbocycles. The van der Waals surface area contributed by atoms with Crippen molar-refractivity contribution in [3.05, 3.63) is 77.5 Å². The van der Waals surface area contributed by atoms with Gasteiger partial charge in [0.1, 0.15) is 0 Å². The quantitative estimate of drug-likeness (QED) is 0.144. The van der Waals surface area contributed by atoms with Gasteiger partial charge in [0.2, 0.25) is 5.91 Å². The molecule has 3 aromatic carbocycles. The first-order valence-electron chi connectivity index (χ1n) is 15.9. The molecular formula is C36H42F3N7O2. The van der Waals surface area contributed by atoms with E-state index in [0.717, 1.165) is 17.2 Å². The Bertz CT molecular complexity index is 1830. The summed E-state index contributed by atoms with van der Waals surface area (Å²) in [6, 6.07) is 14.1.